The number of nitrogens with one attached hydrogen (secondary N) is 1. The van der Waals surface area contributed by atoms with Gasteiger partial charge in [0.1, 0.15) is 11.2 Å². The fraction of sp³-hybridized carbons (Fsp3) is 0.550. The van der Waals surface area contributed by atoms with Gasteiger partial charge in [-0.05, 0) is 62.5 Å². The summed E-state index contributed by atoms with van der Waals surface area (Å²) >= 11 is 0. The van der Waals surface area contributed by atoms with Gasteiger partial charge in [-0.2, -0.15) is 0 Å². The average molecular weight is 358 g/mol. The fourth-order valence-corrected chi connectivity index (χ4v) is 3.62. The number of hydrogen-bond donors (Lipinski definition) is 2. The zero-order valence-electron chi connectivity index (χ0n) is 14.8. The lowest BCUT2D eigenvalue weighted by Gasteiger charge is -2.39. The van der Waals surface area contributed by atoms with Crippen molar-refractivity contribution in [2.24, 2.45) is 0 Å². The zero-order chi connectivity index (χ0) is 18.9. The van der Waals surface area contributed by atoms with Crippen LogP contribution in [0.2, 0.25) is 0 Å². The first-order valence-corrected chi connectivity index (χ1v) is 8.98. The van der Waals surface area contributed by atoms with Crippen molar-refractivity contribution in [2.75, 3.05) is 0 Å². The van der Waals surface area contributed by atoms with E-state index < -0.39 is 17.2 Å². The van der Waals surface area contributed by atoms with Gasteiger partial charge in [-0.3, -0.25) is 4.79 Å². The molecule has 6 heteroatoms. The molecule has 26 heavy (non-hydrogen) atoms. The van der Waals surface area contributed by atoms with E-state index >= 15 is 0 Å². The summed E-state index contributed by atoms with van der Waals surface area (Å²) in [6, 6.07) is 5.36. The molecule has 0 aromatic heterocycles. The SMILES string of the molecule is [C-]#[N+]c1ccc(CC(=O)NC2(C(=O)O)CCC(C)(F)CC2)cc1C1CC1. The van der Waals surface area contributed by atoms with E-state index in [1.165, 1.54) is 6.92 Å². The van der Waals surface area contributed by atoms with Crippen LogP contribution in [-0.2, 0) is 16.0 Å². The molecule has 0 radical (unpaired) electrons. The van der Waals surface area contributed by atoms with E-state index in [1.54, 1.807) is 12.1 Å². The highest BCUT2D eigenvalue weighted by molar-refractivity contribution is 5.88. The molecule has 1 aromatic carbocycles. The van der Waals surface area contributed by atoms with Crippen molar-refractivity contribution in [3.05, 3.63) is 40.7 Å². The predicted molar refractivity (Wildman–Crippen MR) is 94.9 cm³/mol. The number of rotatable bonds is 5. The van der Waals surface area contributed by atoms with E-state index in [9.17, 15) is 19.1 Å². The first-order valence-electron chi connectivity index (χ1n) is 8.98. The summed E-state index contributed by atoms with van der Waals surface area (Å²) in [6.45, 7) is 8.71. The van der Waals surface area contributed by atoms with Gasteiger partial charge < -0.3 is 10.4 Å². The lowest BCUT2D eigenvalue weighted by Crippen LogP contribution is -2.58. The van der Waals surface area contributed by atoms with Crippen LogP contribution < -0.4 is 5.32 Å². The van der Waals surface area contributed by atoms with E-state index in [4.69, 9.17) is 6.57 Å². The Kier molecular flexibility index (Phi) is 4.74. The maximum absolute atomic E-state index is 14.0. The van der Waals surface area contributed by atoms with Gasteiger partial charge in [-0.15, -0.1) is 0 Å². The van der Waals surface area contributed by atoms with Crippen molar-refractivity contribution in [1.82, 2.24) is 5.32 Å². The highest BCUT2D eigenvalue weighted by Gasteiger charge is 2.46. The minimum atomic E-state index is -1.39. The molecule has 5 nitrogen and oxygen atoms in total. The third kappa shape index (κ3) is 3.87. The van der Waals surface area contributed by atoms with Crippen molar-refractivity contribution in [2.45, 2.75) is 69.0 Å². The second kappa shape index (κ2) is 6.71. The van der Waals surface area contributed by atoms with Gasteiger partial charge in [0.2, 0.25) is 5.91 Å². The van der Waals surface area contributed by atoms with Crippen LogP contribution >= 0.6 is 0 Å². The summed E-state index contributed by atoms with van der Waals surface area (Å²) < 4.78 is 14.0. The molecule has 0 heterocycles. The third-order valence-electron chi connectivity index (χ3n) is 5.53. The summed E-state index contributed by atoms with van der Waals surface area (Å²) in [5.41, 5.74) is -0.405. The summed E-state index contributed by atoms with van der Waals surface area (Å²) in [4.78, 5) is 27.7. The minimum absolute atomic E-state index is 0.0555. The molecule has 2 fully saturated rings. The summed E-state index contributed by atoms with van der Waals surface area (Å²) in [7, 11) is 0. The van der Waals surface area contributed by atoms with E-state index in [-0.39, 0.29) is 38.0 Å². The molecule has 2 N–H and O–H groups in total. The van der Waals surface area contributed by atoms with Crippen LogP contribution in [-0.4, -0.2) is 28.2 Å². The molecule has 1 amide bonds. The second-order valence-corrected chi connectivity index (χ2v) is 7.80. The Bertz CT molecular complexity index is 768. The highest BCUT2D eigenvalue weighted by Crippen LogP contribution is 2.44. The van der Waals surface area contributed by atoms with Gasteiger partial charge in [0.25, 0.3) is 0 Å². The molecule has 2 saturated carbocycles. The maximum Gasteiger partial charge on any atom is 0.329 e. The van der Waals surface area contributed by atoms with Gasteiger partial charge in [-0.1, -0.05) is 18.2 Å². The van der Waals surface area contributed by atoms with Gasteiger partial charge in [-0.25, -0.2) is 14.0 Å². The number of halogens is 1. The standard InChI is InChI=1S/C20H23FN2O3/c1-19(21)7-9-20(10-8-19,18(25)26)23-17(24)12-13-3-6-16(22-2)15(11-13)14-4-5-14/h3,6,11,14H,4-5,7-10,12H2,1H3,(H,23,24)(H,25,26). The first kappa shape index (κ1) is 18.4. The Labute approximate surface area is 152 Å². The van der Waals surface area contributed by atoms with Gasteiger partial charge in [0, 0.05) is 0 Å². The van der Waals surface area contributed by atoms with Crippen molar-refractivity contribution in [3.8, 4) is 0 Å². The molecule has 2 aliphatic rings. The second-order valence-electron chi connectivity index (χ2n) is 7.80. The van der Waals surface area contributed by atoms with Crippen LogP contribution in [0.1, 0.15) is 62.5 Å². The number of carboxylic acids is 1. The number of hydrogen-bond acceptors (Lipinski definition) is 2. The number of amides is 1. The average Bonchev–Trinajstić information content (AvgIpc) is 3.41. The Morgan fingerprint density at radius 3 is 2.50 bits per heavy atom. The van der Waals surface area contributed by atoms with Crippen molar-refractivity contribution in [1.29, 1.82) is 0 Å². The number of aliphatic carboxylic acids is 1. The number of benzene rings is 1. The monoisotopic (exact) mass is 358 g/mol. The number of nitrogens with zero attached hydrogens (tertiary/aromatic N) is 1. The largest absolute Gasteiger partial charge is 0.480 e. The summed E-state index contributed by atoms with van der Waals surface area (Å²) in [6.07, 6.45) is 2.58. The lowest BCUT2D eigenvalue weighted by atomic mass is 9.75. The summed E-state index contributed by atoms with van der Waals surface area (Å²) in [5, 5.41) is 12.2. The number of carboxylic acid groups (broad SMARTS) is 1. The van der Waals surface area contributed by atoms with Crippen LogP contribution in [0.5, 0.6) is 0 Å². The third-order valence-corrected chi connectivity index (χ3v) is 5.53. The Morgan fingerprint density at radius 1 is 1.31 bits per heavy atom. The molecule has 0 saturated heterocycles. The van der Waals surface area contributed by atoms with Crippen molar-refractivity contribution in [3.63, 3.8) is 0 Å². The quantitative estimate of drug-likeness (QED) is 0.784. The van der Waals surface area contributed by atoms with Gasteiger partial charge >= 0.3 is 5.97 Å². The van der Waals surface area contributed by atoms with Crippen molar-refractivity contribution < 1.29 is 19.1 Å². The predicted octanol–water partition coefficient (Wildman–Crippen LogP) is 3.90. The van der Waals surface area contributed by atoms with E-state index in [0.717, 1.165) is 24.0 Å². The Morgan fingerprint density at radius 2 is 1.96 bits per heavy atom. The first-order chi connectivity index (χ1) is 12.2. The minimum Gasteiger partial charge on any atom is -0.480 e. The van der Waals surface area contributed by atoms with Crippen LogP contribution in [0.3, 0.4) is 0 Å². The van der Waals surface area contributed by atoms with E-state index in [1.807, 2.05) is 6.07 Å². The normalized spacial score (nSPS) is 28.2. The molecule has 2 aliphatic carbocycles. The Hall–Kier alpha value is -2.42. The topological polar surface area (TPSA) is 70.8 Å². The molecule has 0 spiro atoms. The van der Waals surface area contributed by atoms with Crippen molar-refractivity contribution >= 4 is 17.6 Å². The van der Waals surface area contributed by atoms with E-state index in [0.29, 0.717) is 11.6 Å². The molecule has 0 bridgehead atoms. The molecule has 0 unspecified atom stereocenters. The molecule has 0 aliphatic heterocycles. The molecule has 1 aromatic rings. The molecule has 0 atom stereocenters. The summed E-state index contributed by atoms with van der Waals surface area (Å²) in [5.74, 6) is -1.09. The number of carbonyl (C=O) groups excluding carboxylic acids is 1. The van der Waals surface area contributed by atoms with Gasteiger partial charge in [0.05, 0.1) is 13.0 Å². The fourth-order valence-electron chi connectivity index (χ4n) is 3.62. The lowest BCUT2D eigenvalue weighted by molar-refractivity contribution is -0.150. The van der Waals surface area contributed by atoms with Crippen LogP contribution in [0, 0.1) is 6.57 Å². The molecule has 3 rings (SSSR count). The smallest absolute Gasteiger partial charge is 0.329 e. The Balaban J connectivity index is 1.71. The van der Waals surface area contributed by atoms with Crippen LogP contribution in [0.15, 0.2) is 18.2 Å². The number of alkyl halides is 1. The van der Waals surface area contributed by atoms with Crippen LogP contribution in [0.4, 0.5) is 10.1 Å². The molecular weight excluding hydrogens is 335 g/mol. The van der Waals surface area contributed by atoms with Gasteiger partial charge in [0.15, 0.2) is 5.69 Å². The number of carbonyl (C=O) groups is 2. The van der Waals surface area contributed by atoms with Crippen LogP contribution in [0.25, 0.3) is 4.85 Å². The maximum atomic E-state index is 14.0. The molecule has 138 valence electrons. The van der Waals surface area contributed by atoms with E-state index in [2.05, 4.69) is 10.2 Å². The highest BCUT2D eigenvalue weighted by atomic mass is 19.1. The zero-order valence-corrected chi connectivity index (χ0v) is 14.8. The molecular formula is C20H23FN2O3.